The minimum absolute atomic E-state index is 0.751. The summed E-state index contributed by atoms with van der Waals surface area (Å²) in [6.45, 7) is 0. The first-order valence-electron chi connectivity index (χ1n) is 5.98. The summed E-state index contributed by atoms with van der Waals surface area (Å²) < 4.78 is 0. The topological polar surface area (TPSA) is 77.3 Å². The summed E-state index contributed by atoms with van der Waals surface area (Å²) in [6.07, 6.45) is 9.98. The molecule has 2 aromatic rings. The first-order valence-corrected chi connectivity index (χ1v) is 7.95. The standard InChI is InChI=1S/C11H14N6S2/c1(2-8-18-10-12-4-6-14-16-10)3-9-19-11-13-5-7-15-17-11/h4-7H,1-3,8-9H2. The molecule has 2 heterocycles. The molecule has 6 nitrogen and oxygen atoms in total. The minimum atomic E-state index is 0.751. The molecule has 100 valence electrons. The van der Waals surface area contributed by atoms with Crippen molar-refractivity contribution in [2.24, 2.45) is 0 Å². The van der Waals surface area contributed by atoms with Gasteiger partial charge in [0.1, 0.15) is 0 Å². The van der Waals surface area contributed by atoms with Gasteiger partial charge in [-0.15, -0.1) is 10.2 Å². The summed E-state index contributed by atoms with van der Waals surface area (Å²) in [6, 6.07) is 0. The van der Waals surface area contributed by atoms with Crippen molar-refractivity contribution < 1.29 is 0 Å². The Labute approximate surface area is 120 Å². The Morgan fingerprint density at radius 2 is 1.21 bits per heavy atom. The number of rotatable bonds is 8. The third-order valence-electron chi connectivity index (χ3n) is 2.17. The first-order chi connectivity index (χ1) is 9.45. The van der Waals surface area contributed by atoms with Crippen LogP contribution < -0.4 is 0 Å². The van der Waals surface area contributed by atoms with Gasteiger partial charge < -0.3 is 0 Å². The van der Waals surface area contributed by atoms with E-state index in [4.69, 9.17) is 0 Å². The van der Waals surface area contributed by atoms with Crippen LogP contribution in [0, 0.1) is 0 Å². The number of aromatic nitrogens is 6. The van der Waals surface area contributed by atoms with Gasteiger partial charge in [-0.1, -0.05) is 29.9 Å². The van der Waals surface area contributed by atoms with Crippen LogP contribution in [0.2, 0.25) is 0 Å². The summed E-state index contributed by atoms with van der Waals surface area (Å²) in [5.74, 6) is 2.06. The predicted octanol–water partition coefficient (Wildman–Crippen LogP) is 2.11. The van der Waals surface area contributed by atoms with Gasteiger partial charge in [0, 0.05) is 11.5 Å². The molecule has 0 saturated carbocycles. The monoisotopic (exact) mass is 294 g/mol. The van der Waals surface area contributed by atoms with Gasteiger partial charge in [0.15, 0.2) is 0 Å². The van der Waals surface area contributed by atoms with E-state index < -0.39 is 0 Å². The molecule has 0 N–H and O–H groups in total. The van der Waals surface area contributed by atoms with E-state index in [9.17, 15) is 0 Å². The molecule has 0 aromatic carbocycles. The van der Waals surface area contributed by atoms with E-state index >= 15 is 0 Å². The SMILES string of the molecule is c1cnc(SCCCCCSc2nccnn2)nn1. The molecule has 0 bridgehead atoms. The Morgan fingerprint density at radius 1 is 0.684 bits per heavy atom. The smallest absolute Gasteiger partial charge is 0.209 e. The van der Waals surface area contributed by atoms with Gasteiger partial charge in [-0.05, 0) is 12.8 Å². The summed E-state index contributed by atoms with van der Waals surface area (Å²) in [7, 11) is 0. The highest BCUT2D eigenvalue weighted by atomic mass is 32.2. The van der Waals surface area contributed by atoms with E-state index in [1.54, 1.807) is 48.3 Å². The van der Waals surface area contributed by atoms with Crippen molar-refractivity contribution >= 4 is 23.5 Å². The Hall–Kier alpha value is -1.28. The number of hydrogen-bond acceptors (Lipinski definition) is 8. The van der Waals surface area contributed by atoms with E-state index in [0.29, 0.717) is 0 Å². The average Bonchev–Trinajstić information content (AvgIpc) is 2.48. The Balaban J connectivity index is 1.49. The molecule has 0 atom stereocenters. The fourth-order valence-electron chi connectivity index (χ4n) is 1.31. The van der Waals surface area contributed by atoms with Crippen molar-refractivity contribution in [3.05, 3.63) is 24.8 Å². The van der Waals surface area contributed by atoms with Crippen LogP contribution in [0.25, 0.3) is 0 Å². The molecule has 0 amide bonds. The quantitative estimate of drug-likeness (QED) is 0.541. The molecule has 0 spiro atoms. The van der Waals surface area contributed by atoms with Crippen LogP contribution in [0.5, 0.6) is 0 Å². The van der Waals surface area contributed by atoms with Gasteiger partial charge in [-0.2, -0.15) is 10.2 Å². The fraction of sp³-hybridized carbons (Fsp3) is 0.455. The maximum atomic E-state index is 4.11. The zero-order valence-electron chi connectivity index (χ0n) is 10.3. The minimum Gasteiger partial charge on any atom is -0.228 e. The highest BCUT2D eigenvalue weighted by Crippen LogP contribution is 2.16. The van der Waals surface area contributed by atoms with E-state index in [1.807, 2.05) is 0 Å². The number of unbranched alkanes of at least 4 members (excludes halogenated alkanes) is 2. The molecule has 0 fully saturated rings. The van der Waals surface area contributed by atoms with E-state index in [0.717, 1.165) is 34.7 Å². The van der Waals surface area contributed by atoms with Crippen LogP contribution in [0.1, 0.15) is 19.3 Å². The number of nitrogens with zero attached hydrogens (tertiary/aromatic N) is 6. The first kappa shape index (κ1) is 14.1. The lowest BCUT2D eigenvalue weighted by Crippen LogP contribution is -1.91. The third kappa shape index (κ3) is 5.93. The second-order valence-electron chi connectivity index (χ2n) is 3.61. The fourth-order valence-corrected chi connectivity index (χ4v) is 2.85. The summed E-state index contributed by atoms with van der Waals surface area (Å²) in [5, 5.41) is 16.9. The normalized spacial score (nSPS) is 10.5. The van der Waals surface area contributed by atoms with E-state index in [-0.39, 0.29) is 0 Å². The zero-order valence-corrected chi connectivity index (χ0v) is 12.0. The molecule has 0 aliphatic rings. The van der Waals surface area contributed by atoms with Gasteiger partial charge in [-0.3, -0.25) is 0 Å². The lowest BCUT2D eigenvalue weighted by atomic mass is 10.3. The Kier molecular flexibility index (Phi) is 6.52. The molecule has 2 aromatic heterocycles. The molecule has 0 aliphatic heterocycles. The number of thioether (sulfide) groups is 2. The second-order valence-corrected chi connectivity index (χ2v) is 5.73. The lowest BCUT2D eigenvalue weighted by Gasteiger charge is -2.00. The molecule has 2 rings (SSSR count). The average molecular weight is 294 g/mol. The van der Waals surface area contributed by atoms with Crippen LogP contribution in [-0.4, -0.2) is 41.9 Å². The van der Waals surface area contributed by atoms with Gasteiger partial charge in [-0.25, -0.2) is 9.97 Å². The maximum Gasteiger partial charge on any atom is 0.209 e. The highest BCUT2D eigenvalue weighted by molar-refractivity contribution is 7.99. The van der Waals surface area contributed by atoms with E-state index in [2.05, 4.69) is 30.4 Å². The zero-order chi connectivity index (χ0) is 13.2. The van der Waals surface area contributed by atoms with Gasteiger partial charge >= 0.3 is 0 Å². The van der Waals surface area contributed by atoms with Crippen molar-refractivity contribution in [2.75, 3.05) is 11.5 Å². The molecule has 0 aliphatic carbocycles. The molecule has 0 saturated heterocycles. The summed E-state index contributed by atoms with van der Waals surface area (Å²) >= 11 is 3.30. The van der Waals surface area contributed by atoms with Gasteiger partial charge in [0.2, 0.25) is 10.3 Å². The molecule has 19 heavy (non-hydrogen) atoms. The Morgan fingerprint density at radius 3 is 1.63 bits per heavy atom. The van der Waals surface area contributed by atoms with Gasteiger partial charge in [0.25, 0.3) is 0 Å². The molecule has 0 unspecified atom stereocenters. The van der Waals surface area contributed by atoms with Crippen molar-refractivity contribution in [3.63, 3.8) is 0 Å². The summed E-state index contributed by atoms with van der Waals surface area (Å²) in [5.41, 5.74) is 0. The predicted molar refractivity (Wildman–Crippen MR) is 75.0 cm³/mol. The Bertz CT molecular complexity index is 412. The van der Waals surface area contributed by atoms with E-state index in [1.165, 1.54) is 6.42 Å². The van der Waals surface area contributed by atoms with Crippen LogP contribution in [0.3, 0.4) is 0 Å². The van der Waals surface area contributed by atoms with Crippen LogP contribution in [-0.2, 0) is 0 Å². The lowest BCUT2D eigenvalue weighted by molar-refractivity contribution is 0.776. The van der Waals surface area contributed by atoms with Crippen LogP contribution in [0.15, 0.2) is 35.1 Å². The molecule has 0 radical (unpaired) electrons. The molecular weight excluding hydrogens is 280 g/mol. The van der Waals surface area contributed by atoms with Crippen molar-refractivity contribution in [3.8, 4) is 0 Å². The third-order valence-corrected chi connectivity index (χ3v) is 4.05. The number of hydrogen-bond donors (Lipinski definition) is 0. The molecular formula is C11H14N6S2. The van der Waals surface area contributed by atoms with Crippen LogP contribution >= 0.6 is 23.5 Å². The largest absolute Gasteiger partial charge is 0.228 e. The van der Waals surface area contributed by atoms with Crippen molar-refractivity contribution in [1.82, 2.24) is 30.4 Å². The van der Waals surface area contributed by atoms with Gasteiger partial charge in [0.05, 0.1) is 24.8 Å². The maximum absolute atomic E-state index is 4.11. The molecule has 8 heteroatoms. The van der Waals surface area contributed by atoms with Crippen LogP contribution in [0.4, 0.5) is 0 Å². The summed E-state index contributed by atoms with van der Waals surface area (Å²) in [4.78, 5) is 8.23. The highest BCUT2D eigenvalue weighted by Gasteiger charge is 1.98. The second kappa shape index (κ2) is 8.76. The van der Waals surface area contributed by atoms with Crippen molar-refractivity contribution in [1.29, 1.82) is 0 Å². The van der Waals surface area contributed by atoms with Crippen molar-refractivity contribution in [2.45, 2.75) is 29.6 Å².